The Labute approximate surface area is 159 Å². The number of hydrogen-bond donors (Lipinski definition) is 1. The zero-order valence-corrected chi connectivity index (χ0v) is 14.4. The first-order chi connectivity index (χ1) is 13.5. The van der Waals surface area contributed by atoms with Crippen LogP contribution >= 0.6 is 0 Å². The molecule has 0 aromatic heterocycles. The standard InChI is InChI=1S/C21H14F2N2O3/c22-18-10-5-11-19(23)20(18)24-21(26)17(15-7-2-1-3-8-15)13-14-6-4-9-16(12-14)25(27)28/h1-13H,(H,24,26)/b17-13+. The molecule has 0 aliphatic carbocycles. The van der Waals surface area contributed by atoms with Crippen LogP contribution in [-0.2, 0) is 4.79 Å². The Hall–Kier alpha value is -3.87. The normalized spacial score (nSPS) is 11.1. The van der Waals surface area contributed by atoms with Crippen LogP contribution in [0.2, 0.25) is 0 Å². The summed E-state index contributed by atoms with van der Waals surface area (Å²) in [6.45, 7) is 0. The Morgan fingerprint density at radius 1 is 0.929 bits per heavy atom. The number of halogens is 2. The third-order valence-electron chi connectivity index (χ3n) is 3.92. The van der Waals surface area contributed by atoms with Crippen LogP contribution in [0.1, 0.15) is 11.1 Å². The number of benzene rings is 3. The highest BCUT2D eigenvalue weighted by Gasteiger charge is 2.17. The highest BCUT2D eigenvalue weighted by Crippen LogP contribution is 2.24. The van der Waals surface area contributed by atoms with E-state index in [2.05, 4.69) is 5.32 Å². The first kappa shape index (κ1) is 18.9. The van der Waals surface area contributed by atoms with Crippen molar-refractivity contribution in [2.75, 3.05) is 5.32 Å². The SMILES string of the molecule is O=C(Nc1c(F)cccc1F)/C(=C/c1cccc([N+](=O)[O-])c1)c1ccccc1. The van der Waals surface area contributed by atoms with Crippen molar-refractivity contribution in [1.82, 2.24) is 0 Å². The highest BCUT2D eigenvalue weighted by atomic mass is 19.1. The summed E-state index contributed by atoms with van der Waals surface area (Å²) in [6, 6.07) is 17.4. The number of nitro groups is 1. The van der Waals surface area contributed by atoms with E-state index < -0.39 is 28.2 Å². The number of nitrogens with zero attached hydrogens (tertiary/aromatic N) is 1. The molecule has 0 spiro atoms. The van der Waals surface area contributed by atoms with Gasteiger partial charge in [-0.3, -0.25) is 14.9 Å². The lowest BCUT2D eigenvalue weighted by Crippen LogP contribution is -2.15. The molecule has 0 unspecified atom stereocenters. The second-order valence-corrected chi connectivity index (χ2v) is 5.83. The van der Waals surface area contributed by atoms with Gasteiger partial charge >= 0.3 is 0 Å². The molecular formula is C21H14F2N2O3. The molecule has 140 valence electrons. The first-order valence-corrected chi connectivity index (χ1v) is 8.22. The molecule has 0 atom stereocenters. The van der Waals surface area contributed by atoms with Gasteiger partial charge in [-0.15, -0.1) is 0 Å². The van der Waals surface area contributed by atoms with Crippen molar-refractivity contribution in [1.29, 1.82) is 0 Å². The maximum Gasteiger partial charge on any atom is 0.270 e. The van der Waals surface area contributed by atoms with Crippen molar-refractivity contribution in [3.05, 3.63) is 106 Å². The Balaban J connectivity index is 2.04. The fourth-order valence-corrected chi connectivity index (χ4v) is 2.59. The van der Waals surface area contributed by atoms with Crippen molar-refractivity contribution in [3.63, 3.8) is 0 Å². The minimum absolute atomic E-state index is 0.101. The molecule has 28 heavy (non-hydrogen) atoms. The van der Waals surface area contributed by atoms with Crippen molar-refractivity contribution >= 4 is 28.9 Å². The van der Waals surface area contributed by atoms with Crippen molar-refractivity contribution in [2.45, 2.75) is 0 Å². The minimum Gasteiger partial charge on any atom is -0.317 e. The average molecular weight is 380 g/mol. The van der Waals surface area contributed by atoms with Crippen LogP contribution in [0.4, 0.5) is 20.2 Å². The van der Waals surface area contributed by atoms with Crippen molar-refractivity contribution in [3.8, 4) is 0 Å². The number of para-hydroxylation sites is 1. The molecular weight excluding hydrogens is 366 g/mol. The van der Waals surface area contributed by atoms with E-state index in [0.29, 0.717) is 11.1 Å². The molecule has 0 aliphatic rings. The second kappa shape index (κ2) is 8.22. The number of rotatable bonds is 5. The molecule has 7 heteroatoms. The molecule has 0 heterocycles. The average Bonchev–Trinajstić information content (AvgIpc) is 2.70. The monoisotopic (exact) mass is 380 g/mol. The summed E-state index contributed by atoms with van der Waals surface area (Å²) in [5.41, 5.74) is 0.291. The molecule has 5 nitrogen and oxygen atoms in total. The van der Waals surface area contributed by atoms with Gasteiger partial charge in [-0.05, 0) is 29.3 Å². The fourth-order valence-electron chi connectivity index (χ4n) is 2.59. The molecule has 0 saturated carbocycles. The third kappa shape index (κ3) is 4.27. The van der Waals surface area contributed by atoms with E-state index in [1.54, 1.807) is 36.4 Å². The van der Waals surface area contributed by atoms with Crippen LogP contribution in [-0.4, -0.2) is 10.8 Å². The van der Waals surface area contributed by atoms with E-state index in [1.807, 2.05) is 0 Å². The summed E-state index contributed by atoms with van der Waals surface area (Å²) in [5, 5.41) is 13.2. The van der Waals surface area contributed by atoms with Gasteiger partial charge < -0.3 is 5.32 Å². The van der Waals surface area contributed by atoms with Gasteiger partial charge in [-0.1, -0.05) is 48.5 Å². The highest BCUT2D eigenvalue weighted by molar-refractivity contribution is 6.29. The van der Waals surface area contributed by atoms with Gasteiger partial charge in [0.15, 0.2) is 0 Å². The predicted octanol–water partition coefficient (Wildman–Crippen LogP) is 5.05. The summed E-state index contributed by atoms with van der Waals surface area (Å²) in [5.74, 6) is -2.56. The topological polar surface area (TPSA) is 72.2 Å². The molecule has 0 bridgehead atoms. The Morgan fingerprint density at radius 2 is 1.57 bits per heavy atom. The van der Waals surface area contributed by atoms with E-state index in [9.17, 15) is 23.7 Å². The molecule has 1 amide bonds. The van der Waals surface area contributed by atoms with E-state index in [0.717, 1.165) is 12.1 Å². The lowest BCUT2D eigenvalue weighted by Gasteiger charge is -2.11. The van der Waals surface area contributed by atoms with Crippen LogP contribution in [0.25, 0.3) is 11.6 Å². The summed E-state index contributed by atoms with van der Waals surface area (Å²) < 4.78 is 27.8. The van der Waals surface area contributed by atoms with E-state index in [1.165, 1.54) is 30.3 Å². The van der Waals surface area contributed by atoms with Gasteiger partial charge in [0.25, 0.3) is 11.6 Å². The number of nitro benzene ring substituents is 1. The molecule has 3 aromatic rings. The van der Waals surface area contributed by atoms with Crippen LogP contribution in [0, 0.1) is 21.7 Å². The van der Waals surface area contributed by atoms with Gasteiger partial charge in [0, 0.05) is 17.7 Å². The number of non-ortho nitro benzene ring substituents is 1. The van der Waals surface area contributed by atoms with Gasteiger partial charge in [-0.25, -0.2) is 8.78 Å². The van der Waals surface area contributed by atoms with E-state index in [-0.39, 0.29) is 11.3 Å². The second-order valence-electron chi connectivity index (χ2n) is 5.83. The number of hydrogen-bond acceptors (Lipinski definition) is 3. The van der Waals surface area contributed by atoms with Crippen molar-refractivity contribution < 1.29 is 18.5 Å². The number of nitrogens with one attached hydrogen (secondary N) is 1. The van der Waals surface area contributed by atoms with Crippen LogP contribution < -0.4 is 5.32 Å². The van der Waals surface area contributed by atoms with Crippen molar-refractivity contribution in [2.24, 2.45) is 0 Å². The molecule has 1 N–H and O–H groups in total. The fraction of sp³-hybridized carbons (Fsp3) is 0. The van der Waals surface area contributed by atoms with Gasteiger partial charge in [0.2, 0.25) is 0 Å². The lowest BCUT2D eigenvalue weighted by molar-refractivity contribution is -0.384. The Kier molecular flexibility index (Phi) is 5.55. The van der Waals surface area contributed by atoms with Crippen LogP contribution in [0.3, 0.4) is 0 Å². The van der Waals surface area contributed by atoms with Crippen LogP contribution in [0.15, 0.2) is 72.8 Å². The Morgan fingerprint density at radius 3 is 2.21 bits per heavy atom. The first-order valence-electron chi connectivity index (χ1n) is 8.22. The molecule has 0 fully saturated rings. The maximum absolute atomic E-state index is 13.9. The molecule has 0 aliphatic heterocycles. The minimum atomic E-state index is -0.906. The number of carbonyl (C=O) groups is 1. The molecule has 0 saturated heterocycles. The molecule has 0 radical (unpaired) electrons. The van der Waals surface area contributed by atoms with E-state index in [4.69, 9.17) is 0 Å². The van der Waals surface area contributed by atoms with Crippen LogP contribution in [0.5, 0.6) is 0 Å². The number of carbonyl (C=O) groups excluding carboxylic acids is 1. The Bertz CT molecular complexity index is 1050. The number of amides is 1. The quantitative estimate of drug-likeness (QED) is 0.291. The third-order valence-corrected chi connectivity index (χ3v) is 3.92. The number of anilines is 1. The molecule has 3 rings (SSSR count). The van der Waals surface area contributed by atoms with Gasteiger partial charge in [0.05, 0.1) is 4.92 Å². The summed E-state index contributed by atoms with van der Waals surface area (Å²) >= 11 is 0. The van der Waals surface area contributed by atoms with E-state index >= 15 is 0 Å². The maximum atomic E-state index is 13.9. The summed E-state index contributed by atoms with van der Waals surface area (Å²) in [6.07, 6.45) is 1.43. The summed E-state index contributed by atoms with van der Waals surface area (Å²) in [7, 11) is 0. The largest absolute Gasteiger partial charge is 0.317 e. The zero-order chi connectivity index (χ0) is 20.1. The predicted molar refractivity (Wildman–Crippen MR) is 102 cm³/mol. The van der Waals surface area contributed by atoms with Gasteiger partial charge in [0.1, 0.15) is 17.3 Å². The zero-order valence-electron chi connectivity index (χ0n) is 14.4. The molecule has 3 aromatic carbocycles. The smallest absolute Gasteiger partial charge is 0.270 e. The van der Waals surface area contributed by atoms with Gasteiger partial charge in [-0.2, -0.15) is 0 Å². The lowest BCUT2D eigenvalue weighted by atomic mass is 10.0. The summed E-state index contributed by atoms with van der Waals surface area (Å²) in [4.78, 5) is 23.2.